The highest BCUT2D eigenvalue weighted by atomic mass is 19.4. The molecule has 0 fully saturated rings. The van der Waals surface area contributed by atoms with Crippen LogP contribution in [0.4, 0.5) is 30.4 Å². The summed E-state index contributed by atoms with van der Waals surface area (Å²) in [5.41, 5.74) is 8.55. The quantitative estimate of drug-likeness (QED) is 0.522. The van der Waals surface area contributed by atoms with Crippen LogP contribution in [0.3, 0.4) is 0 Å². The Bertz CT molecular complexity index is 1160. The molecule has 0 spiro atoms. The number of halogens is 3. The fraction of sp³-hybridized carbons (Fsp3) is 0.182. The minimum Gasteiger partial charge on any atom is -0.382 e. The van der Waals surface area contributed by atoms with Gasteiger partial charge in [-0.2, -0.15) is 23.5 Å². The number of nitrogens with two attached hydrogens (primary N) is 1. The first-order chi connectivity index (χ1) is 14.2. The van der Waals surface area contributed by atoms with Crippen LogP contribution < -0.4 is 5.73 Å². The molecule has 0 saturated heterocycles. The molecular weight excluding hydrogens is 391 g/mol. The van der Waals surface area contributed by atoms with Crippen LogP contribution in [0.1, 0.15) is 33.5 Å². The molecule has 0 atom stereocenters. The minimum absolute atomic E-state index is 0.0349. The molecule has 0 aliphatic heterocycles. The second-order valence-corrected chi connectivity index (χ2v) is 6.82. The zero-order valence-electron chi connectivity index (χ0n) is 16.3. The Balaban J connectivity index is 1.98. The third kappa shape index (κ3) is 4.63. The molecule has 0 amide bonds. The Morgan fingerprint density at radius 2 is 1.80 bits per heavy atom. The second-order valence-electron chi connectivity index (χ2n) is 6.82. The van der Waals surface area contributed by atoms with Gasteiger partial charge in [0.1, 0.15) is 11.8 Å². The van der Waals surface area contributed by atoms with E-state index in [-0.39, 0.29) is 23.5 Å². The van der Waals surface area contributed by atoms with Crippen LogP contribution in [0, 0.1) is 25.2 Å². The van der Waals surface area contributed by atoms with E-state index in [1.807, 2.05) is 25.1 Å². The Kier molecular flexibility index (Phi) is 5.83. The normalized spacial score (nSPS) is 11.6. The summed E-state index contributed by atoms with van der Waals surface area (Å²) in [5, 5.41) is 17.9. The number of rotatable bonds is 4. The zero-order valence-corrected chi connectivity index (χ0v) is 16.3. The summed E-state index contributed by atoms with van der Waals surface area (Å²) in [6.07, 6.45) is -4.41. The van der Waals surface area contributed by atoms with Crippen molar-refractivity contribution in [3.8, 4) is 6.07 Å². The van der Waals surface area contributed by atoms with Crippen molar-refractivity contribution in [2.75, 3.05) is 5.73 Å². The van der Waals surface area contributed by atoms with Crippen molar-refractivity contribution >= 4 is 17.2 Å². The molecule has 0 aliphatic carbocycles. The van der Waals surface area contributed by atoms with Crippen molar-refractivity contribution in [2.24, 2.45) is 10.2 Å². The Labute approximate surface area is 171 Å². The largest absolute Gasteiger partial charge is 0.416 e. The number of nitrogens with zero attached hydrogens (tertiary/aromatic N) is 4. The summed E-state index contributed by atoms with van der Waals surface area (Å²) < 4.78 is 38.9. The van der Waals surface area contributed by atoms with Gasteiger partial charge in [0.25, 0.3) is 0 Å². The van der Waals surface area contributed by atoms with Crippen LogP contribution in [-0.2, 0) is 12.6 Å². The number of hydrogen-bond donors (Lipinski definition) is 1. The van der Waals surface area contributed by atoms with Crippen LogP contribution in [0.15, 0.2) is 58.8 Å². The van der Waals surface area contributed by atoms with Gasteiger partial charge in [0.15, 0.2) is 5.82 Å². The summed E-state index contributed by atoms with van der Waals surface area (Å²) in [5.74, 6) is 0.0601. The molecule has 0 radical (unpaired) electrons. The van der Waals surface area contributed by atoms with E-state index in [2.05, 4.69) is 21.3 Å². The Hall–Kier alpha value is -3.73. The Morgan fingerprint density at radius 3 is 2.47 bits per heavy atom. The maximum atomic E-state index is 13.0. The van der Waals surface area contributed by atoms with E-state index in [9.17, 15) is 18.4 Å². The van der Waals surface area contributed by atoms with Gasteiger partial charge in [-0.15, -0.1) is 5.11 Å². The lowest BCUT2D eigenvalue weighted by atomic mass is 10.00. The fourth-order valence-electron chi connectivity index (χ4n) is 3.03. The number of azo groups is 1. The summed E-state index contributed by atoms with van der Waals surface area (Å²) in [6, 6.07) is 14.4. The Morgan fingerprint density at radius 1 is 1.07 bits per heavy atom. The molecule has 0 unspecified atom stereocenters. The molecule has 152 valence electrons. The third-order valence-electron chi connectivity index (χ3n) is 4.52. The summed E-state index contributed by atoms with van der Waals surface area (Å²) in [7, 11) is 0. The summed E-state index contributed by atoms with van der Waals surface area (Å²) in [6.45, 7) is 3.59. The molecule has 2 aromatic carbocycles. The molecule has 0 saturated carbocycles. The van der Waals surface area contributed by atoms with E-state index < -0.39 is 11.7 Å². The van der Waals surface area contributed by atoms with Crippen LogP contribution >= 0.6 is 0 Å². The third-order valence-corrected chi connectivity index (χ3v) is 4.52. The number of nitriles is 1. The van der Waals surface area contributed by atoms with Crippen molar-refractivity contribution in [3.63, 3.8) is 0 Å². The number of pyridine rings is 1. The van der Waals surface area contributed by atoms with Gasteiger partial charge in [-0.3, -0.25) is 0 Å². The minimum atomic E-state index is -4.45. The average Bonchev–Trinajstić information content (AvgIpc) is 2.67. The van der Waals surface area contributed by atoms with Crippen molar-refractivity contribution in [1.82, 2.24) is 4.98 Å². The van der Waals surface area contributed by atoms with Crippen molar-refractivity contribution in [1.29, 1.82) is 5.26 Å². The predicted molar refractivity (Wildman–Crippen MR) is 108 cm³/mol. The van der Waals surface area contributed by atoms with Crippen LogP contribution in [0.25, 0.3) is 0 Å². The molecule has 1 heterocycles. The molecule has 0 aliphatic rings. The molecule has 3 aromatic rings. The average molecular weight is 409 g/mol. The number of benzene rings is 2. The van der Waals surface area contributed by atoms with Crippen molar-refractivity contribution in [3.05, 3.63) is 82.0 Å². The number of nitrogen functional groups attached to an aromatic ring is 1. The molecule has 30 heavy (non-hydrogen) atoms. The number of alkyl halides is 3. The standard InChI is InChI=1S/C22H18F3N5/c1-13-5-3-8-17(9-13)29-30-20-14(2)18(12-26)19(28-21(20)27)11-15-6-4-7-16(10-15)22(23,24)25/h3-10H,11H2,1-2H3,(H2,27,28). The lowest BCUT2D eigenvalue weighted by Gasteiger charge is -2.12. The zero-order chi connectivity index (χ0) is 21.9. The van der Waals surface area contributed by atoms with Gasteiger partial charge in [0.05, 0.1) is 22.5 Å². The highest BCUT2D eigenvalue weighted by Crippen LogP contribution is 2.33. The maximum absolute atomic E-state index is 13.0. The number of anilines is 1. The molecule has 3 rings (SSSR count). The number of aromatic nitrogens is 1. The van der Waals surface area contributed by atoms with Gasteiger partial charge in [0.2, 0.25) is 0 Å². The first kappa shape index (κ1) is 21.0. The highest BCUT2D eigenvalue weighted by molar-refractivity contribution is 5.67. The molecule has 0 bridgehead atoms. The molecule has 5 nitrogen and oxygen atoms in total. The van der Waals surface area contributed by atoms with E-state index in [0.717, 1.165) is 17.7 Å². The fourth-order valence-corrected chi connectivity index (χ4v) is 3.03. The topological polar surface area (TPSA) is 87.4 Å². The smallest absolute Gasteiger partial charge is 0.382 e. The molecule has 1 aromatic heterocycles. The lowest BCUT2D eigenvalue weighted by Crippen LogP contribution is -2.07. The first-order valence-electron chi connectivity index (χ1n) is 9.02. The second kappa shape index (κ2) is 8.33. The molecule has 2 N–H and O–H groups in total. The van der Waals surface area contributed by atoms with E-state index in [1.54, 1.807) is 19.1 Å². The lowest BCUT2D eigenvalue weighted by molar-refractivity contribution is -0.137. The van der Waals surface area contributed by atoms with E-state index in [1.165, 1.54) is 6.07 Å². The highest BCUT2D eigenvalue weighted by Gasteiger charge is 2.30. The van der Waals surface area contributed by atoms with E-state index in [4.69, 9.17) is 5.73 Å². The monoisotopic (exact) mass is 409 g/mol. The SMILES string of the molecule is Cc1cccc(N=Nc2c(N)nc(Cc3cccc(C(F)(F)F)c3)c(C#N)c2C)c1. The van der Waals surface area contributed by atoms with E-state index in [0.29, 0.717) is 22.5 Å². The molecule has 8 heteroatoms. The van der Waals surface area contributed by atoms with Crippen LogP contribution in [0.2, 0.25) is 0 Å². The maximum Gasteiger partial charge on any atom is 0.416 e. The van der Waals surface area contributed by atoms with Gasteiger partial charge < -0.3 is 5.73 Å². The van der Waals surface area contributed by atoms with Gasteiger partial charge in [-0.1, -0.05) is 30.3 Å². The van der Waals surface area contributed by atoms with E-state index >= 15 is 0 Å². The van der Waals surface area contributed by atoms with Gasteiger partial charge in [-0.05, 0) is 48.7 Å². The van der Waals surface area contributed by atoms with Gasteiger partial charge in [-0.25, -0.2) is 4.98 Å². The summed E-state index contributed by atoms with van der Waals surface area (Å²) >= 11 is 0. The first-order valence-corrected chi connectivity index (χ1v) is 9.02. The van der Waals surface area contributed by atoms with Crippen molar-refractivity contribution in [2.45, 2.75) is 26.4 Å². The predicted octanol–water partition coefficient (Wildman–Crippen LogP) is 6.18. The van der Waals surface area contributed by atoms with Gasteiger partial charge >= 0.3 is 6.18 Å². The number of hydrogen-bond acceptors (Lipinski definition) is 5. The van der Waals surface area contributed by atoms with Gasteiger partial charge in [0, 0.05) is 6.42 Å². The molecular formula is C22H18F3N5. The van der Waals surface area contributed by atoms with Crippen LogP contribution in [-0.4, -0.2) is 4.98 Å². The van der Waals surface area contributed by atoms with Crippen molar-refractivity contribution < 1.29 is 13.2 Å². The number of aryl methyl sites for hydroxylation is 1. The van der Waals surface area contributed by atoms with Crippen LogP contribution in [0.5, 0.6) is 0 Å². The summed E-state index contributed by atoms with van der Waals surface area (Å²) in [4.78, 5) is 4.24.